The molecule has 5 nitrogen and oxygen atoms in total. The first-order chi connectivity index (χ1) is 11.1. The average molecular weight is 321 g/mol. The van der Waals surface area contributed by atoms with Crippen molar-refractivity contribution < 1.29 is 19.4 Å². The SMILES string of the molecule is CCOC(=O)[C@@H]1CCCN(C[C@@H](O)COc2ccc(C)cc2)C1. The number of carbonyl (C=O) groups is 1. The van der Waals surface area contributed by atoms with Crippen LogP contribution in [0, 0.1) is 12.8 Å². The molecule has 0 bridgehead atoms. The summed E-state index contributed by atoms with van der Waals surface area (Å²) in [5, 5.41) is 10.2. The molecule has 2 atom stereocenters. The first-order valence-corrected chi connectivity index (χ1v) is 8.35. The fourth-order valence-corrected chi connectivity index (χ4v) is 2.85. The third-order valence-corrected chi connectivity index (χ3v) is 4.06. The lowest BCUT2D eigenvalue weighted by atomic mass is 9.98. The van der Waals surface area contributed by atoms with Crippen molar-refractivity contribution in [3.05, 3.63) is 29.8 Å². The Labute approximate surface area is 138 Å². The molecule has 1 saturated heterocycles. The fraction of sp³-hybridized carbons (Fsp3) is 0.611. The number of esters is 1. The normalized spacial score (nSPS) is 20.0. The average Bonchev–Trinajstić information content (AvgIpc) is 2.55. The van der Waals surface area contributed by atoms with Gasteiger partial charge < -0.3 is 14.6 Å². The number of piperidine rings is 1. The van der Waals surface area contributed by atoms with E-state index in [4.69, 9.17) is 9.47 Å². The van der Waals surface area contributed by atoms with Gasteiger partial charge in [0.1, 0.15) is 18.5 Å². The number of β-amino-alcohol motifs (C(OH)–C–C–N with tert-alkyl or cyclic N) is 1. The standard InChI is InChI=1S/C18H27NO4/c1-3-22-18(21)15-5-4-10-19(11-15)12-16(20)13-23-17-8-6-14(2)7-9-17/h6-9,15-16,20H,3-5,10-13H2,1-2H3/t15-,16-/m1/s1. The molecule has 2 rings (SSSR count). The first-order valence-electron chi connectivity index (χ1n) is 8.35. The first kappa shape index (κ1) is 17.8. The van der Waals surface area contributed by atoms with Gasteiger partial charge in [-0.25, -0.2) is 0 Å². The Balaban J connectivity index is 1.74. The van der Waals surface area contributed by atoms with E-state index in [-0.39, 0.29) is 18.5 Å². The van der Waals surface area contributed by atoms with Crippen LogP contribution in [0.4, 0.5) is 0 Å². The fourth-order valence-electron chi connectivity index (χ4n) is 2.85. The predicted molar refractivity (Wildman–Crippen MR) is 88.5 cm³/mol. The van der Waals surface area contributed by atoms with Crippen LogP contribution in [0.3, 0.4) is 0 Å². The number of nitrogens with zero attached hydrogens (tertiary/aromatic N) is 1. The molecule has 5 heteroatoms. The van der Waals surface area contributed by atoms with Crippen LogP contribution in [0.1, 0.15) is 25.3 Å². The lowest BCUT2D eigenvalue weighted by Gasteiger charge is -2.32. The maximum Gasteiger partial charge on any atom is 0.310 e. The molecule has 0 unspecified atom stereocenters. The number of aliphatic hydroxyl groups excluding tert-OH is 1. The Morgan fingerprint density at radius 1 is 1.39 bits per heavy atom. The topological polar surface area (TPSA) is 59.0 Å². The summed E-state index contributed by atoms with van der Waals surface area (Å²) in [6, 6.07) is 7.77. The van der Waals surface area contributed by atoms with E-state index in [0.717, 1.165) is 25.1 Å². The van der Waals surface area contributed by atoms with E-state index in [0.29, 0.717) is 19.7 Å². The van der Waals surface area contributed by atoms with Gasteiger partial charge in [-0.3, -0.25) is 9.69 Å². The Bertz CT molecular complexity index is 488. The lowest BCUT2D eigenvalue weighted by molar-refractivity contribution is -0.150. The zero-order chi connectivity index (χ0) is 16.7. The molecule has 1 aromatic rings. The van der Waals surface area contributed by atoms with Crippen molar-refractivity contribution >= 4 is 5.97 Å². The molecule has 0 saturated carbocycles. The number of hydrogen-bond donors (Lipinski definition) is 1. The highest BCUT2D eigenvalue weighted by molar-refractivity contribution is 5.72. The summed E-state index contributed by atoms with van der Waals surface area (Å²) in [4.78, 5) is 14.0. The number of aliphatic hydroxyl groups is 1. The minimum Gasteiger partial charge on any atom is -0.491 e. The second-order valence-electron chi connectivity index (χ2n) is 6.13. The third-order valence-electron chi connectivity index (χ3n) is 4.06. The zero-order valence-electron chi connectivity index (χ0n) is 14.0. The van der Waals surface area contributed by atoms with Gasteiger partial charge in [0.2, 0.25) is 0 Å². The van der Waals surface area contributed by atoms with E-state index in [9.17, 15) is 9.90 Å². The smallest absolute Gasteiger partial charge is 0.310 e. The van der Waals surface area contributed by atoms with Gasteiger partial charge in [-0.1, -0.05) is 17.7 Å². The van der Waals surface area contributed by atoms with Crippen molar-refractivity contribution in [1.29, 1.82) is 0 Å². The highest BCUT2D eigenvalue weighted by Gasteiger charge is 2.27. The van der Waals surface area contributed by atoms with Gasteiger partial charge in [0.05, 0.1) is 12.5 Å². The highest BCUT2D eigenvalue weighted by Crippen LogP contribution is 2.18. The molecular formula is C18H27NO4. The number of rotatable bonds is 7. The van der Waals surface area contributed by atoms with Crippen molar-refractivity contribution in [2.24, 2.45) is 5.92 Å². The van der Waals surface area contributed by atoms with Crippen LogP contribution in [0.5, 0.6) is 5.75 Å². The van der Waals surface area contributed by atoms with Crippen LogP contribution in [-0.4, -0.2) is 54.9 Å². The molecule has 128 valence electrons. The molecule has 1 N–H and O–H groups in total. The number of likely N-dealkylation sites (tertiary alicyclic amines) is 1. The van der Waals surface area contributed by atoms with Gasteiger partial charge in [0.15, 0.2) is 0 Å². The highest BCUT2D eigenvalue weighted by atomic mass is 16.5. The summed E-state index contributed by atoms with van der Waals surface area (Å²) in [5.74, 6) is 0.564. The molecular weight excluding hydrogens is 294 g/mol. The van der Waals surface area contributed by atoms with Crippen LogP contribution in [0.25, 0.3) is 0 Å². The quantitative estimate of drug-likeness (QED) is 0.779. The second kappa shape index (κ2) is 8.89. The monoisotopic (exact) mass is 321 g/mol. The van der Waals surface area contributed by atoms with Gasteiger partial charge in [-0.2, -0.15) is 0 Å². The Kier molecular flexibility index (Phi) is 6.86. The summed E-state index contributed by atoms with van der Waals surface area (Å²) < 4.78 is 10.7. The molecule has 0 aliphatic carbocycles. The van der Waals surface area contributed by atoms with Crippen molar-refractivity contribution in [2.75, 3.05) is 32.8 Å². The van der Waals surface area contributed by atoms with Gasteiger partial charge >= 0.3 is 5.97 Å². The van der Waals surface area contributed by atoms with Gasteiger partial charge in [0, 0.05) is 13.1 Å². The second-order valence-corrected chi connectivity index (χ2v) is 6.13. The van der Waals surface area contributed by atoms with Crippen molar-refractivity contribution in [3.63, 3.8) is 0 Å². The molecule has 1 aliphatic heterocycles. The van der Waals surface area contributed by atoms with Gasteiger partial charge in [0.25, 0.3) is 0 Å². The van der Waals surface area contributed by atoms with Gasteiger partial charge in [-0.15, -0.1) is 0 Å². The molecule has 1 heterocycles. The zero-order valence-corrected chi connectivity index (χ0v) is 14.0. The molecule has 0 radical (unpaired) electrons. The number of aryl methyl sites for hydroxylation is 1. The van der Waals surface area contributed by atoms with Crippen molar-refractivity contribution in [3.8, 4) is 5.75 Å². The minimum atomic E-state index is -0.572. The summed E-state index contributed by atoms with van der Waals surface area (Å²) in [7, 11) is 0. The summed E-state index contributed by atoms with van der Waals surface area (Å²) in [6.07, 6.45) is 1.25. The summed E-state index contributed by atoms with van der Waals surface area (Å²) >= 11 is 0. The maximum atomic E-state index is 11.8. The number of hydrogen-bond acceptors (Lipinski definition) is 5. The minimum absolute atomic E-state index is 0.0751. The Morgan fingerprint density at radius 2 is 2.13 bits per heavy atom. The van der Waals surface area contributed by atoms with E-state index in [1.54, 1.807) is 0 Å². The maximum absolute atomic E-state index is 11.8. The van der Waals surface area contributed by atoms with E-state index in [1.165, 1.54) is 5.56 Å². The number of carbonyl (C=O) groups excluding carboxylic acids is 1. The van der Waals surface area contributed by atoms with E-state index < -0.39 is 6.10 Å². The van der Waals surface area contributed by atoms with Crippen molar-refractivity contribution in [2.45, 2.75) is 32.8 Å². The molecule has 1 aliphatic rings. The summed E-state index contributed by atoms with van der Waals surface area (Å²) in [5.41, 5.74) is 1.18. The number of ether oxygens (including phenoxy) is 2. The van der Waals surface area contributed by atoms with Crippen LogP contribution in [-0.2, 0) is 9.53 Å². The van der Waals surface area contributed by atoms with E-state index in [2.05, 4.69) is 4.90 Å². The molecule has 1 aromatic carbocycles. The van der Waals surface area contributed by atoms with E-state index >= 15 is 0 Å². The van der Waals surface area contributed by atoms with Crippen LogP contribution >= 0.6 is 0 Å². The Morgan fingerprint density at radius 3 is 2.83 bits per heavy atom. The summed E-state index contributed by atoms with van der Waals surface area (Å²) in [6.45, 7) is 6.59. The van der Waals surface area contributed by atoms with Crippen molar-refractivity contribution in [1.82, 2.24) is 4.90 Å². The Hall–Kier alpha value is -1.59. The van der Waals surface area contributed by atoms with Crippen LogP contribution in [0.15, 0.2) is 24.3 Å². The lowest BCUT2D eigenvalue weighted by Crippen LogP contribution is -2.44. The van der Waals surface area contributed by atoms with Gasteiger partial charge in [-0.05, 0) is 45.4 Å². The van der Waals surface area contributed by atoms with E-state index in [1.807, 2.05) is 38.1 Å². The van der Waals surface area contributed by atoms with Crippen LogP contribution in [0.2, 0.25) is 0 Å². The molecule has 23 heavy (non-hydrogen) atoms. The largest absolute Gasteiger partial charge is 0.491 e. The third kappa shape index (κ3) is 5.84. The molecule has 0 spiro atoms. The molecule has 1 fully saturated rings. The van der Waals surface area contributed by atoms with Crippen LogP contribution < -0.4 is 4.74 Å². The predicted octanol–water partition coefficient (Wildman–Crippen LogP) is 2.01. The molecule has 0 amide bonds. The number of benzene rings is 1. The molecule has 0 aromatic heterocycles.